The molecule has 1 heterocycles. The first-order chi connectivity index (χ1) is 12.0. The van der Waals surface area contributed by atoms with Gasteiger partial charge in [0.25, 0.3) is 0 Å². The molecule has 0 aliphatic carbocycles. The number of aliphatic carboxylic acids is 1. The van der Waals surface area contributed by atoms with Crippen LogP contribution in [0.2, 0.25) is 0 Å². The normalized spacial score (nSPS) is 10.6. The molecule has 0 saturated heterocycles. The number of aromatic nitrogens is 1. The molecule has 0 atom stereocenters. The second-order valence-corrected chi connectivity index (χ2v) is 5.65. The molecule has 0 bridgehead atoms. The number of carboxylic acids is 1. The first-order valence-electron chi connectivity index (χ1n) is 8.16. The topological polar surface area (TPSA) is 97.6 Å². The Morgan fingerprint density at radius 1 is 1.24 bits per heavy atom. The van der Waals surface area contributed by atoms with Crippen LogP contribution in [0, 0.1) is 0 Å². The van der Waals surface area contributed by atoms with Crippen LogP contribution in [0.1, 0.15) is 36.5 Å². The molecule has 1 amide bonds. The number of nitrogens with zero attached hydrogens (tertiary/aromatic N) is 1. The van der Waals surface area contributed by atoms with E-state index in [4.69, 9.17) is 9.84 Å². The molecule has 0 unspecified atom stereocenters. The van der Waals surface area contributed by atoms with Gasteiger partial charge in [-0.05, 0) is 30.2 Å². The third kappa shape index (κ3) is 4.59. The van der Waals surface area contributed by atoms with Crippen LogP contribution < -0.4 is 10.1 Å². The average Bonchev–Trinajstić information content (AvgIpc) is 2.97. The van der Waals surface area contributed by atoms with Crippen molar-refractivity contribution in [1.29, 1.82) is 0 Å². The van der Waals surface area contributed by atoms with Crippen molar-refractivity contribution < 1.29 is 24.2 Å². The van der Waals surface area contributed by atoms with Gasteiger partial charge in [0, 0.05) is 31.0 Å². The largest absolute Gasteiger partial charge is 0.497 e. The first-order valence-corrected chi connectivity index (χ1v) is 8.16. The summed E-state index contributed by atoms with van der Waals surface area (Å²) in [6.07, 6.45) is 2.41. The maximum absolute atomic E-state index is 12.4. The summed E-state index contributed by atoms with van der Waals surface area (Å²) in [7, 11) is 1.57. The van der Waals surface area contributed by atoms with E-state index >= 15 is 0 Å². The number of rotatable bonds is 8. The van der Waals surface area contributed by atoms with Crippen LogP contribution in [-0.2, 0) is 16.0 Å². The number of fused-ring (bicyclic) bond motifs is 1. The number of carboxylic acid groups (broad SMARTS) is 1. The molecule has 134 valence electrons. The van der Waals surface area contributed by atoms with Crippen LogP contribution in [0.25, 0.3) is 10.9 Å². The molecule has 7 heteroatoms. The molecule has 0 fully saturated rings. The highest BCUT2D eigenvalue weighted by atomic mass is 16.5. The minimum atomic E-state index is -1.01. The molecule has 2 N–H and O–H groups in total. The smallest absolute Gasteiger partial charge is 0.303 e. The molecule has 0 aliphatic rings. The van der Waals surface area contributed by atoms with Crippen molar-refractivity contribution in [2.24, 2.45) is 0 Å². The number of methoxy groups -OCH3 is 1. The number of amides is 1. The number of carbonyl (C=O) groups excluding carboxylic acids is 2. The number of nitrogens with one attached hydrogen (secondary N) is 1. The zero-order chi connectivity index (χ0) is 18.4. The lowest BCUT2D eigenvalue weighted by Crippen LogP contribution is -2.24. The van der Waals surface area contributed by atoms with E-state index < -0.39 is 5.97 Å². The molecule has 0 radical (unpaired) electrons. The van der Waals surface area contributed by atoms with E-state index in [0.717, 1.165) is 10.9 Å². The number of carbonyl (C=O) groups is 3. The van der Waals surface area contributed by atoms with Crippen LogP contribution in [0.5, 0.6) is 5.75 Å². The lowest BCUT2D eigenvalue weighted by molar-refractivity contribution is -0.137. The molecule has 2 aromatic rings. The number of hydrogen-bond acceptors (Lipinski definition) is 4. The van der Waals surface area contributed by atoms with Crippen LogP contribution in [0.15, 0.2) is 24.4 Å². The number of benzene rings is 1. The van der Waals surface area contributed by atoms with Crippen molar-refractivity contribution in [3.63, 3.8) is 0 Å². The van der Waals surface area contributed by atoms with Gasteiger partial charge < -0.3 is 15.2 Å². The van der Waals surface area contributed by atoms with Gasteiger partial charge in [-0.1, -0.05) is 6.92 Å². The summed E-state index contributed by atoms with van der Waals surface area (Å²) in [5.74, 6) is -0.642. The molecule has 0 spiro atoms. The van der Waals surface area contributed by atoms with Gasteiger partial charge in [-0.15, -0.1) is 0 Å². The minimum Gasteiger partial charge on any atom is -0.497 e. The quantitative estimate of drug-likeness (QED) is 0.764. The number of ether oxygens (including phenoxy) is 1. The Morgan fingerprint density at radius 2 is 2.00 bits per heavy atom. The summed E-state index contributed by atoms with van der Waals surface area (Å²) >= 11 is 0. The van der Waals surface area contributed by atoms with Crippen molar-refractivity contribution in [2.75, 3.05) is 13.7 Å². The Balaban J connectivity index is 2.30. The van der Waals surface area contributed by atoms with E-state index in [1.54, 1.807) is 32.4 Å². The molecule has 0 saturated carbocycles. The Kier molecular flexibility index (Phi) is 6.16. The summed E-state index contributed by atoms with van der Waals surface area (Å²) in [4.78, 5) is 34.4. The predicted octanol–water partition coefficient (Wildman–Crippen LogP) is 2.22. The van der Waals surface area contributed by atoms with Gasteiger partial charge in [0.05, 0.1) is 19.0 Å². The predicted molar refractivity (Wildman–Crippen MR) is 93.0 cm³/mol. The SMILES string of the molecule is CCC(=O)NCCc1cn(C(=O)CCC(=O)O)c2ccc(OC)cc12. The third-order valence-corrected chi connectivity index (χ3v) is 3.95. The maximum Gasteiger partial charge on any atom is 0.303 e. The van der Waals surface area contributed by atoms with Gasteiger partial charge in [0.2, 0.25) is 11.8 Å². The lowest BCUT2D eigenvalue weighted by Gasteiger charge is -2.04. The van der Waals surface area contributed by atoms with Crippen LogP contribution in [0.3, 0.4) is 0 Å². The van der Waals surface area contributed by atoms with Crippen LogP contribution >= 0.6 is 0 Å². The van der Waals surface area contributed by atoms with Crippen molar-refractivity contribution in [2.45, 2.75) is 32.6 Å². The number of hydrogen-bond donors (Lipinski definition) is 2. The second kappa shape index (κ2) is 8.32. The zero-order valence-corrected chi connectivity index (χ0v) is 14.4. The van der Waals surface area contributed by atoms with Gasteiger partial charge in [-0.3, -0.25) is 19.0 Å². The molecule has 0 aliphatic heterocycles. The highest BCUT2D eigenvalue weighted by Gasteiger charge is 2.15. The first kappa shape index (κ1) is 18.5. The monoisotopic (exact) mass is 346 g/mol. The van der Waals surface area contributed by atoms with E-state index in [0.29, 0.717) is 30.7 Å². The summed E-state index contributed by atoms with van der Waals surface area (Å²) in [5, 5.41) is 12.4. The average molecular weight is 346 g/mol. The highest BCUT2D eigenvalue weighted by Crippen LogP contribution is 2.27. The van der Waals surface area contributed by atoms with Gasteiger partial charge in [-0.25, -0.2) is 0 Å². The molecular formula is C18H22N2O5. The van der Waals surface area contributed by atoms with Gasteiger partial charge in [-0.2, -0.15) is 0 Å². The van der Waals surface area contributed by atoms with Crippen LogP contribution in [-0.4, -0.2) is 41.1 Å². The Bertz CT molecular complexity index is 794. The molecule has 1 aromatic carbocycles. The Labute approximate surface area is 145 Å². The van der Waals surface area contributed by atoms with Crippen molar-refractivity contribution in [3.8, 4) is 5.75 Å². The minimum absolute atomic E-state index is 0.0288. The fourth-order valence-corrected chi connectivity index (χ4v) is 2.61. The lowest BCUT2D eigenvalue weighted by atomic mass is 10.1. The summed E-state index contributed by atoms with van der Waals surface area (Å²) in [5.41, 5.74) is 1.60. The third-order valence-electron chi connectivity index (χ3n) is 3.95. The van der Waals surface area contributed by atoms with E-state index in [1.165, 1.54) is 4.57 Å². The maximum atomic E-state index is 12.4. The fourth-order valence-electron chi connectivity index (χ4n) is 2.61. The molecular weight excluding hydrogens is 324 g/mol. The van der Waals surface area contributed by atoms with Crippen LogP contribution in [0.4, 0.5) is 0 Å². The van der Waals surface area contributed by atoms with E-state index in [-0.39, 0.29) is 24.7 Å². The van der Waals surface area contributed by atoms with E-state index in [2.05, 4.69) is 5.32 Å². The van der Waals surface area contributed by atoms with Crippen molar-refractivity contribution in [3.05, 3.63) is 30.0 Å². The summed E-state index contributed by atoms with van der Waals surface area (Å²) in [6.45, 7) is 2.25. The molecule has 2 rings (SSSR count). The Hall–Kier alpha value is -2.83. The zero-order valence-electron chi connectivity index (χ0n) is 14.4. The van der Waals surface area contributed by atoms with E-state index in [1.807, 2.05) is 6.07 Å². The second-order valence-electron chi connectivity index (χ2n) is 5.65. The molecule has 7 nitrogen and oxygen atoms in total. The standard InChI is InChI=1S/C18H22N2O5/c1-3-16(21)19-9-8-12-11-20(17(22)6-7-18(23)24)15-5-4-13(25-2)10-14(12)15/h4-5,10-11H,3,6-9H2,1-2H3,(H,19,21)(H,23,24). The van der Waals surface area contributed by atoms with E-state index in [9.17, 15) is 14.4 Å². The van der Waals surface area contributed by atoms with Crippen molar-refractivity contribution >= 4 is 28.7 Å². The van der Waals surface area contributed by atoms with Gasteiger partial charge in [0.15, 0.2) is 0 Å². The van der Waals surface area contributed by atoms with Gasteiger partial charge >= 0.3 is 5.97 Å². The molecule has 1 aromatic heterocycles. The molecule has 25 heavy (non-hydrogen) atoms. The van der Waals surface area contributed by atoms with Gasteiger partial charge in [0.1, 0.15) is 5.75 Å². The fraction of sp³-hybridized carbons (Fsp3) is 0.389. The summed E-state index contributed by atoms with van der Waals surface area (Å²) < 4.78 is 6.73. The highest BCUT2D eigenvalue weighted by molar-refractivity contribution is 5.96. The van der Waals surface area contributed by atoms with Crippen molar-refractivity contribution in [1.82, 2.24) is 9.88 Å². The Morgan fingerprint density at radius 3 is 2.64 bits per heavy atom. The summed E-state index contributed by atoms with van der Waals surface area (Å²) in [6, 6.07) is 5.38.